The molecule has 0 spiro atoms. The summed E-state index contributed by atoms with van der Waals surface area (Å²) in [6, 6.07) is 6.10. The molecule has 1 aromatic carbocycles. The van der Waals surface area contributed by atoms with Crippen molar-refractivity contribution in [3.63, 3.8) is 0 Å². The third-order valence-corrected chi connectivity index (χ3v) is 12.5. The van der Waals surface area contributed by atoms with Crippen molar-refractivity contribution in [1.82, 2.24) is 19.5 Å². The number of pyridine rings is 1. The number of rotatable bonds is 12. The van der Waals surface area contributed by atoms with Gasteiger partial charge >= 0.3 is 5.97 Å². The fourth-order valence-electron chi connectivity index (χ4n) is 7.64. The van der Waals surface area contributed by atoms with Gasteiger partial charge in [-0.1, -0.05) is 30.7 Å². The number of nitrogens with one attached hydrogen (secondary N) is 1. The Morgan fingerprint density at radius 3 is 2.61 bits per heavy atom. The zero-order valence-corrected chi connectivity index (χ0v) is 28.3. The number of hydrogen-bond donors (Lipinski definition) is 1. The minimum Gasteiger partial charge on any atom is -0.472 e. The number of hydrogen-bond acceptors (Lipinski definition) is 10. The van der Waals surface area contributed by atoms with Crippen molar-refractivity contribution >= 4 is 50.3 Å². The number of aromatic nitrogens is 1. The van der Waals surface area contributed by atoms with E-state index < -0.39 is 74.3 Å². The number of allylic oxidation sites excluding steroid dienone is 1. The zero-order chi connectivity index (χ0) is 34.8. The molecule has 1 unspecified atom stereocenters. The number of fused-ring (bicyclic) bond motifs is 3. The summed E-state index contributed by atoms with van der Waals surface area (Å²) in [6.07, 6.45) is 3.58. The molecule has 3 saturated heterocycles. The van der Waals surface area contributed by atoms with Gasteiger partial charge in [-0.15, -0.1) is 6.58 Å². The summed E-state index contributed by atoms with van der Waals surface area (Å²) in [5.74, 6) is -3.20. The molecule has 2 aromatic rings. The summed E-state index contributed by atoms with van der Waals surface area (Å²) in [5.41, 5.74) is -0.217. The molecule has 3 aliphatic heterocycles. The van der Waals surface area contributed by atoms with Crippen LogP contribution in [0.15, 0.2) is 43.1 Å². The molecule has 3 amide bonds. The zero-order valence-electron chi connectivity index (χ0n) is 27.5. The Kier molecular flexibility index (Phi) is 8.27. The molecule has 2 aliphatic carbocycles. The molecule has 14 heteroatoms. The molecule has 1 N–H and O–H groups in total. The van der Waals surface area contributed by atoms with E-state index in [4.69, 9.17) is 9.47 Å². The molecule has 2 bridgehead atoms. The van der Waals surface area contributed by atoms with Gasteiger partial charge in [0.25, 0.3) is 0 Å². The number of aryl methyl sites for hydroxylation is 1. The molecule has 5 aliphatic rings. The Balaban J connectivity index is 1.11. The van der Waals surface area contributed by atoms with E-state index in [0.717, 1.165) is 16.3 Å². The Labute approximate surface area is 284 Å². The van der Waals surface area contributed by atoms with Gasteiger partial charge in [0.05, 0.1) is 29.8 Å². The summed E-state index contributed by atoms with van der Waals surface area (Å²) in [4.78, 5) is 74.3. The van der Waals surface area contributed by atoms with Crippen LogP contribution in [0.2, 0.25) is 0 Å². The van der Waals surface area contributed by atoms with Gasteiger partial charge in [-0.05, 0) is 49.6 Å². The second-order valence-corrected chi connectivity index (χ2v) is 16.3. The SMILES string of the molecule is C=C[C@@H]1C[C@]1(CC(=O)[C@@H]1CC(Oc2nccc3cc(C)ccc23)CN1C(=O)[C@@H](C)CC(=O)N1C[C@@H]2C[C@H]1C(=O)O2)C(=O)NS(=O)(=O)C1CC1. The van der Waals surface area contributed by atoms with Gasteiger partial charge in [0.1, 0.15) is 18.2 Å². The van der Waals surface area contributed by atoms with Crippen LogP contribution in [0, 0.1) is 24.2 Å². The van der Waals surface area contributed by atoms with Gasteiger partial charge < -0.3 is 19.3 Å². The number of ether oxygens (including phenoxy) is 2. The Morgan fingerprint density at radius 2 is 1.94 bits per heavy atom. The maximum absolute atomic E-state index is 14.2. The van der Waals surface area contributed by atoms with Crippen molar-refractivity contribution in [3.8, 4) is 5.88 Å². The highest BCUT2D eigenvalue weighted by atomic mass is 32.2. The quantitative estimate of drug-likeness (QED) is 0.257. The Morgan fingerprint density at radius 1 is 1.16 bits per heavy atom. The first kappa shape index (κ1) is 33.2. The molecule has 0 radical (unpaired) electrons. The van der Waals surface area contributed by atoms with Crippen LogP contribution in [0.1, 0.15) is 57.4 Å². The average Bonchev–Trinajstić information content (AvgIpc) is 3.91. The topological polar surface area (TPSA) is 169 Å². The number of carbonyl (C=O) groups is 5. The van der Waals surface area contributed by atoms with Crippen LogP contribution in [-0.4, -0.2) is 95.3 Å². The second kappa shape index (κ2) is 12.2. The number of amides is 3. The number of Topliss-reactive ketones (excluding diaryl/α,β-unsaturated/α-hetero) is 1. The normalized spacial score (nSPS) is 29.4. The molecule has 49 heavy (non-hydrogen) atoms. The minimum absolute atomic E-state index is 0.0403. The lowest BCUT2D eigenvalue weighted by Gasteiger charge is -2.29. The van der Waals surface area contributed by atoms with Crippen LogP contribution in [0.25, 0.3) is 10.8 Å². The highest BCUT2D eigenvalue weighted by Gasteiger charge is 2.61. The number of esters is 1. The fraction of sp³-hybridized carbons (Fsp3) is 0.543. The van der Waals surface area contributed by atoms with Crippen LogP contribution >= 0.6 is 0 Å². The molecular weight excluding hydrogens is 652 g/mol. The van der Waals surface area contributed by atoms with Crippen LogP contribution in [0.5, 0.6) is 5.88 Å². The van der Waals surface area contributed by atoms with Crippen molar-refractivity contribution in [1.29, 1.82) is 0 Å². The predicted molar refractivity (Wildman–Crippen MR) is 175 cm³/mol. The van der Waals surface area contributed by atoms with Crippen LogP contribution in [-0.2, 0) is 38.7 Å². The predicted octanol–water partition coefficient (Wildman–Crippen LogP) is 2.20. The van der Waals surface area contributed by atoms with Crippen molar-refractivity contribution < 1.29 is 41.9 Å². The van der Waals surface area contributed by atoms with E-state index in [1.165, 1.54) is 9.80 Å². The standard InChI is InChI=1S/C35H40N4O9S/c1-4-22-15-35(22,34(44)37-49(45,46)25-6-7-25)16-29(40)27-13-23(47-31-26-8-5-19(2)11-21(26)9-10-36-31)18-39(27)32(42)20(3)12-30(41)38-17-24-14-28(38)33(43)48-24/h4-5,8-11,20,22-25,27-28H,1,6-7,12-18H2,2-3H3,(H,37,44)/t20-,22+,23?,24-,27-,28-,35+/m0/s1. The molecule has 260 valence electrons. The largest absolute Gasteiger partial charge is 0.472 e. The van der Waals surface area contributed by atoms with E-state index in [2.05, 4.69) is 16.3 Å². The van der Waals surface area contributed by atoms with Crippen LogP contribution < -0.4 is 9.46 Å². The number of likely N-dealkylation sites (tertiary alicyclic amines) is 2. The maximum atomic E-state index is 14.2. The molecule has 5 fully saturated rings. The van der Waals surface area contributed by atoms with E-state index in [0.29, 0.717) is 31.7 Å². The third kappa shape index (κ3) is 6.19. The summed E-state index contributed by atoms with van der Waals surface area (Å²) in [6.45, 7) is 7.71. The molecule has 7 atom stereocenters. The third-order valence-electron chi connectivity index (χ3n) is 10.7. The van der Waals surface area contributed by atoms with E-state index in [9.17, 15) is 32.4 Å². The first-order valence-corrected chi connectivity index (χ1v) is 18.4. The second-order valence-electron chi connectivity index (χ2n) is 14.3. The van der Waals surface area contributed by atoms with Crippen LogP contribution in [0.3, 0.4) is 0 Å². The van der Waals surface area contributed by atoms with E-state index in [1.807, 2.05) is 31.2 Å². The summed E-state index contributed by atoms with van der Waals surface area (Å²) in [7, 11) is -3.84. The van der Waals surface area contributed by atoms with E-state index >= 15 is 0 Å². The van der Waals surface area contributed by atoms with Gasteiger partial charge in [0.15, 0.2) is 5.78 Å². The van der Waals surface area contributed by atoms with Gasteiger partial charge in [0.2, 0.25) is 33.6 Å². The molecule has 4 heterocycles. The molecule has 7 rings (SSSR count). The highest BCUT2D eigenvalue weighted by molar-refractivity contribution is 7.90. The minimum atomic E-state index is -3.84. The molecule has 13 nitrogen and oxygen atoms in total. The van der Waals surface area contributed by atoms with Crippen LogP contribution in [0.4, 0.5) is 0 Å². The number of carbonyl (C=O) groups excluding carboxylic acids is 5. The van der Waals surface area contributed by atoms with E-state index in [-0.39, 0.29) is 44.2 Å². The van der Waals surface area contributed by atoms with Gasteiger partial charge in [-0.2, -0.15) is 0 Å². The first-order valence-electron chi connectivity index (χ1n) is 16.8. The number of ketones is 1. The van der Waals surface area contributed by atoms with Gasteiger partial charge in [-0.25, -0.2) is 18.2 Å². The average molecular weight is 693 g/mol. The summed E-state index contributed by atoms with van der Waals surface area (Å²) >= 11 is 0. The lowest BCUT2D eigenvalue weighted by Crippen LogP contribution is -2.48. The number of morpholine rings is 1. The number of sulfonamides is 1. The lowest BCUT2D eigenvalue weighted by molar-refractivity contribution is -0.157. The summed E-state index contributed by atoms with van der Waals surface area (Å²) in [5, 5.41) is 1.09. The summed E-state index contributed by atoms with van der Waals surface area (Å²) < 4.78 is 39.0. The molecule has 2 saturated carbocycles. The Hall–Kier alpha value is -4.33. The molecule has 1 aromatic heterocycles. The monoisotopic (exact) mass is 692 g/mol. The van der Waals surface area contributed by atoms with Gasteiger partial charge in [0, 0.05) is 43.2 Å². The van der Waals surface area contributed by atoms with Crippen molar-refractivity contribution in [3.05, 3.63) is 48.7 Å². The van der Waals surface area contributed by atoms with Crippen molar-refractivity contribution in [2.75, 3.05) is 13.1 Å². The first-order chi connectivity index (χ1) is 23.3. The maximum Gasteiger partial charge on any atom is 0.329 e. The number of benzene rings is 1. The highest BCUT2D eigenvalue weighted by Crippen LogP contribution is 2.57. The van der Waals surface area contributed by atoms with Crippen molar-refractivity contribution in [2.45, 2.75) is 88.3 Å². The fourth-order valence-corrected chi connectivity index (χ4v) is 9.02. The van der Waals surface area contributed by atoms with Crippen molar-refractivity contribution in [2.24, 2.45) is 17.3 Å². The Bertz CT molecular complexity index is 1880. The van der Waals surface area contributed by atoms with E-state index in [1.54, 1.807) is 19.2 Å². The number of nitrogens with zero attached hydrogens (tertiary/aromatic N) is 3. The molecular formula is C35H40N4O9S. The van der Waals surface area contributed by atoms with Gasteiger partial charge in [-0.3, -0.25) is 23.9 Å². The smallest absolute Gasteiger partial charge is 0.329 e. The lowest BCUT2D eigenvalue weighted by atomic mass is 9.91.